The highest BCUT2D eigenvalue weighted by molar-refractivity contribution is 5.73. The molecule has 3 aromatic heterocycles. The Kier molecular flexibility index (Phi) is 4.33. The minimum atomic E-state index is -2.84. The number of nitrogens with two attached hydrogens (primary N) is 1. The maximum absolute atomic E-state index is 12.2. The first-order chi connectivity index (χ1) is 13.1. The summed E-state index contributed by atoms with van der Waals surface area (Å²) in [7, 11) is 0. The van der Waals surface area contributed by atoms with Crippen LogP contribution in [0.1, 0.15) is 11.4 Å². The number of nitrogens with zero attached hydrogens (tertiary/aromatic N) is 5. The highest BCUT2D eigenvalue weighted by Crippen LogP contribution is 2.22. The third-order valence-electron chi connectivity index (χ3n) is 3.87. The summed E-state index contributed by atoms with van der Waals surface area (Å²) in [6.45, 7) is -2.84. The van der Waals surface area contributed by atoms with Gasteiger partial charge in [0.2, 0.25) is 0 Å². The smallest absolute Gasteiger partial charge is 0.387 e. The average molecular weight is 368 g/mol. The molecule has 0 fully saturated rings. The Morgan fingerprint density at radius 3 is 2.59 bits per heavy atom. The van der Waals surface area contributed by atoms with Gasteiger partial charge in [-0.05, 0) is 29.8 Å². The maximum Gasteiger partial charge on any atom is 0.387 e. The van der Waals surface area contributed by atoms with Gasteiger partial charge < -0.3 is 10.5 Å². The molecular formula is C18H14F2N6O. The molecular weight excluding hydrogens is 354 g/mol. The zero-order valence-corrected chi connectivity index (χ0v) is 14.0. The number of benzene rings is 1. The highest BCUT2D eigenvalue weighted by Gasteiger charge is 2.12. The molecule has 0 radical (unpaired) electrons. The van der Waals surface area contributed by atoms with E-state index in [1.54, 1.807) is 41.3 Å². The van der Waals surface area contributed by atoms with Gasteiger partial charge in [0.1, 0.15) is 17.3 Å². The molecule has 4 rings (SSSR count). The number of rotatable bonds is 5. The van der Waals surface area contributed by atoms with Crippen LogP contribution in [0.25, 0.3) is 16.9 Å². The van der Waals surface area contributed by atoms with E-state index in [0.717, 1.165) is 11.1 Å². The van der Waals surface area contributed by atoms with Gasteiger partial charge in [-0.15, -0.1) is 0 Å². The number of fused-ring (bicyclic) bond motifs is 1. The normalized spacial score (nSPS) is 11.2. The Morgan fingerprint density at radius 2 is 1.89 bits per heavy atom. The average Bonchev–Trinajstić information content (AvgIpc) is 3.06. The lowest BCUT2D eigenvalue weighted by atomic mass is 10.1. The predicted molar refractivity (Wildman–Crippen MR) is 94.3 cm³/mol. The first kappa shape index (κ1) is 16.8. The largest absolute Gasteiger partial charge is 0.435 e. The highest BCUT2D eigenvalue weighted by atomic mass is 19.3. The van der Waals surface area contributed by atoms with Gasteiger partial charge in [0, 0.05) is 30.6 Å². The SMILES string of the molecule is Nc1ccc(-c2nccn3nc(Cc4ccc(OC(F)F)cc4)nc23)cn1. The molecule has 0 aliphatic rings. The Balaban J connectivity index is 1.62. The van der Waals surface area contributed by atoms with E-state index in [-0.39, 0.29) is 5.75 Å². The molecule has 136 valence electrons. The molecule has 1 aromatic carbocycles. The molecule has 0 unspecified atom stereocenters. The first-order valence-corrected chi connectivity index (χ1v) is 8.04. The van der Waals surface area contributed by atoms with Crippen LogP contribution in [0.2, 0.25) is 0 Å². The van der Waals surface area contributed by atoms with Crippen LogP contribution in [0, 0.1) is 0 Å². The van der Waals surface area contributed by atoms with Crippen LogP contribution in [-0.4, -0.2) is 31.2 Å². The lowest BCUT2D eigenvalue weighted by Crippen LogP contribution is -2.01. The van der Waals surface area contributed by atoms with Crippen molar-refractivity contribution in [3.05, 3.63) is 66.4 Å². The van der Waals surface area contributed by atoms with Crippen molar-refractivity contribution in [2.45, 2.75) is 13.0 Å². The van der Waals surface area contributed by atoms with E-state index in [2.05, 4.69) is 24.8 Å². The number of halogens is 2. The van der Waals surface area contributed by atoms with Gasteiger partial charge in [0.25, 0.3) is 0 Å². The first-order valence-electron chi connectivity index (χ1n) is 8.04. The molecule has 3 heterocycles. The summed E-state index contributed by atoms with van der Waals surface area (Å²) >= 11 is 0. The molecule has 4 aromatic rings. The third kappa shape index (κ3) is 3.66. The lowest BCUT2D eigenvalue weighted by Gasteiger charge is -2.04. The molecule has 0 atom stereocenters. The van der Waals surface area contributed by atoms with Crippen LogP contribution in [0.4, 0.5) is 14.6 Å². The van der Waals surface area contributed by atoms with E-state index in [1.807, 2.05) is 6.07 Å². The number of aromatic nitrogens is 5. The van der Waals surface area contributed by atoms with Crippen molar-refractivity contribution in [3.63, 3.8) is 0 Å². The number of hydrogen-bond donors (Lipinski definition) is 1. The molecule has 0 saturated heterocycles. The number of alkyl halides is 2. The molecule has 2 N–H and O–H groups in total. The van der Waals surface area contributed by atoms with E-state index in [0.29, 0.717) is 29.4 Å². The quantitative estimate of drug-likeness (QED) is 0.582. The molecule has 0 saturated carbocycles. The van der Waals surface area contributed by atoms with Crippen molar-refractivity contribution in [2.75, 3.05) is 5.73 Å². The summed E-state index contributed by atoms with van der Waals surface area (Å²) in [6.07, 6.45) is 5.41. The van der Waals surface area contributed by atoms with Gasteiger partial charge >= 0.3 is 6.61 Å². The molecule has 0 aliphatic heterocycles. The Morgan fingerprint density at radius 1 is 1.07 bits per heavy atom. The molecule has 0 bridgehead atoms. The number of nitrogen functional groups attached to an aromatic ring is 1. The summed E-state index contributed by atoms with van der Waals surface area (Å²) in [5, 5.41) is 4.45. The maximum atomic E-state index is 12.2. The van der Waals surface area contributed by atoms with Crippen molar-refractivity contribution < 1.29 is 13.5 Å². The molecule has 27 heavy (non-hydrogen) atoms. The van der Waals surface area contributed by atoms with Crippen molar-refractivity contribution in [3.8, 4) is 17.0 Å². The summed E-state index contributed by atoms with van der Waals surface area (Å²) in [4.78, 5) is 13.0. The van der Waals surface area contributed by atoms with Crippen molar-refractivity contribution >= 4 is 11.5 Å². The predicted octanol–water partition coefficient (Wildman–Crippen LogP) is 2.96. The van der Waals surface area contributed by atoms with Gasteiger partial charge in [-0.25, -0.2) is 14.5 Å². The van der Waals surface area contributed by atoms with Crippen LogP contribution < -0.4 is 10.5 Å². The van der Waals surface area contributed by atoms with Gasteiger partial charge in [0.15, 0.2) is 11.5 Å². The number of anilines is 1. The summed E-state index contributed by atoms with van der Waals surface area (Å²) < 4.78 is 30.4. The minimum Gasteiger partial charge on any atom is -0.435 e. The van der Waals surface area contributed by atoms with Crippen LogP contribution in [0.5, 0.6) is 5.75 Å². The summed E-state index contributed by atoms with van der Waals surface area (Å²) in [5.74, 6) is 1.11. The van der Waals surface area contributed by atoms with Gasteiger partial charge in [-0.3, -0.25) is 4.98 Å². The Bertz CT molecular complexity index is 1060. The lowest BCUT2D eigenvalue weighted by molar-refractivity contribution is -0.0498. The Hall–Kier alpha value is -3.62. The number of hydrogen-bond acceptors (Lipinski definition) is 6. The fourth-order valence-corrected chi connectivity index (χ4v) is 2.66. The second-order valence-electron chi connectivity index (χ2n) is 5.74. The van der Waals surface area contributed by atoms with Gasteiger partial charge in [0.05, 0.1) is 0 Å². The van der Waals surface area contributed by atoms with Crippen molar-refractivity contribution in [2.24, 2.45) is 0 Å². The molecule has 0 amide bonds. The van der Waals surface area contributed by atoms with Crippen LogP contribution in [0.15, 0.2) is 55.0 Å². The van der Waals surface area contributed by atoms with Crippen molar-refractivity contribution in [1.82, 2.24) is 24.6 Å². The molecule has 7 nitrogen and oxygen atoms in total. The van der Waals surface area contributed by atoms with Crippen molar-refractivity contribution in [1.29, 1.82) is 0 Å². The zero-order chi connectivity index (χ0) is 18.8. The summed E-state index contributed by atoms with van der Waals surface area (Å²) in [5.41, 5.74) is 8.52. The molecule has 9 heteroatoms. The summed E-state index contributed by atoms with van der Waals surface area (Å²) in [6, 6.07) is 9.90. The van der Waals surface area contributed by atoms with Gasteiger partial charge in [-0.2, -0.15) is 13.9 Å². The van der Waals surface area contributed by atoms with Crippen LogP contribution in [-0.2, 0) is 6.42 Å². The van der Waals surface area contributed by atoms with Crippen LogP contribution >= 0.6 is 0 Å². The second kappa shape index (κ2) is 6.94. The number of ether oxygens (including phenoxy) is 1. The van der Waals surface area contributed by atoms with E-state index in [4.69, 9.17) is 5.73 Å². The minimum absolute atomic E-state index is 0.110. The van der Waals surface area contributed by atoms with Gasteiger partial charge in [-0.1, -0.05) is 12.1 Å². The standard InChI is InChI=1S/C18H14F2N6O/c19-18(20)27-13-4-1-11(2-5-13)9-15-24-17-16(22-7-8-26(17)25-15)12-3-6-14(21)23-10-12/h1-8,10,18H,9H2,(H2,21,23). The Labute approximate surface area is 152 Å². The fraction of sp³-hybridized carbons (Fsp3) is 0.111. The van der Waals surface area contributed by atoms with E-state index < -0.39 is 6.61 Å². The van der Waals surface area contributed by atoms with E-state index >= 15 is 0 Å². The topological polar surface area (TPSA) is 91.2 Å². The fourth-order valence-electron chi connectivity index (χ4n) is 2.66. The van der Waals surface area contributed by atoms with E-state index in [9.17, 15) is 8.78 Å². The zero-order valence-electron chi connectivity index (χ0n) is 14.0. The second-order valence-corrected chi connectivity index (χ2v) is 5.74. The van der Waals surface area contributed by atoms with E-state index in [1.165, 1.54) is 12.1 Å². The number of pyridine rings is 1. The third-order valence-corrected chi connectivity index (χ3v) is 3.87. The molecule has 0 aliphatic carbocycles. The van der Waals surface area contributed by atoms with Crippen LogP contribution in [0.3, 0.4) is 0 Å². The monoisotopic (exact) mass is 368 g/mol. The molecule has 0 spiro atoms.